The molecule has 0 aromatic heterocycles. The van der Waals surface area contributed by atoms with Gasteiger partial charge in [0.15, 0.2) is 0 Å². The average molecular weight is 564 g/mol. The van der Waals surface area contributed by atoms with E-state index in [-0.39, 0.29) is 31.1 Å². The monoisotopic (exact) mass is 563 g/mol. The van der Waals surface area contributed by atoms with Crippen LogP contribution in [-0.4, -0.2) is 29.6 Å². The fraction of sp³-hybridized carbons (Fsp3) is 0.242. The summed E-state index contributed by atoms with van der Waals surface area (Å²) in [5.74, 6) is -0.788. The summed E-state index contributed by atoms with van der Waals surface area (Å²) in [6.07, 6.45) is -3.76. The molecule has 4 rings (SSSR count). The molecule has 0 heterocycles. The fourth-order valence-corrected chi connectivity index (χ4v) is 5.02. The molecule has 214 valence electrons. The van der Waals surface area contributed by atoms with E-state index in [1.165, 1.54) is 18.2 Å². The fourth-order valence-electron chi connectivity index (χ4n) is 5.02. The van der Waals surface area contributed by atoms with Crippen LogP contribution in [0.3, 0.4) is 0 Å². The standard InChI is InChI=1S/C33H32F3NO4/c34-33(35,36)41-29-16-8-10-25(20-29)22-32(37,17-18-40-28-15-7-9-24(19-28)21-31(38)39)23-30(26-11-3-1-4-12-26)27-13-5-2-6-14-27/h1-16,19-20,30H,17-18,21-23,37H2,(H,38,39). The minimum Gasteiger partial charge on any atom is -0.494 e. The van der Waals surface area contributed by atoms with Crippen LogP contribution in [0.1, 0.15) is 41.0 Å². The lowest BCUT2D eigenvalue weighted by Gasteiger charge is -2.34. The SMILES string of the molecule is NC(CCOc1cccc(CC(=O)O)c1)(Cc1cccc(OC(F)(F)F)c1)CC(c1ccccc1)c1ccccc1. The van der Waals surface area contributed by atoms with E-state index in [1.54, 1.807) is 30.3 Å². The van der Waals surface area contributed by atoms with Gasteiger partial charge in [-0.15, -0.1) is 13.2 Å². The maximum absolute atomic E-state index is 12.9. The van der Waals surface area contributed by atoms with E-state index in [2.05, 4.69) is 4.74 Å². The number of carboxylic acids is 1. The molecule has 0 aliphatic carbocycles. The zero-order valence-corrected chi connectivity index (χ0v) is 22.4. The highest BCUT2D eigenvalue weighted by Crippen LogP contribution is 2.35. The Morgan fingerprint density at radius 3 is 1.93 bits per heavy atom. The molecule has 0 spiro atoms. The molecule has 0 amide bonds. The van der Waals surface area contributed by atoms with Crippen molar-refractivity contribution in [1.82, 2.24) is 0 Å². The maximum Gasteiger partial charge on any atom is 0.573 e. The van der Waals surface area contributed by atoms with Crippen LogP contribution in [-0.2, 0) is 17.6 Å². The molecule has 8 heteroatoms. The maximum atomic E-state index is 12.9. The Morgan fingerprint density at radius 1 is 0.780 bits per heavy atom. The molecule has 0 fully saturated rings. The molecule has 4 aromatic carbocycles. The predicted octanol–water partition coefficient (Wildman–Crippen LogP) is 7.14. The summed E-state index contributed by atoms with van der Waals surface area (Å²) >= 11 is 0. The third kappa shape index (κ3) is 9.39. The second-order valence-corrected chi connectivity index (χ2v) is 10.1. The summed E-state index contributed by atoms with van der Waals surface area (Å²) in [5, 5.41) is 9.11. The number of ether oxygens (including phenoxy) is 2. The number of hydrogen-bond donors (Lipinski definition) is 2. The summed E-state index contributed by atoms with van der Waals surface area (Å²) in [6.45, 7) is 0.224. The third-order valence-electron chi connectivity index (χ3n) is 6.83. The van der Waals surface area contributed by atoms with Crippen molar-refractivity contribution in [3.8, 4) is 11.5 Å². The normalized spacial score (nSPS) is 13.0. The summed E-state index contributed by atoms with van der Waals surface area (Å²) in [4.78, 5) is 11.1. The molecule has 4 aromatic rings. The van der Waals surface area contributed by atoms with Crippen LogP contribution in [0.4, 0.5) is 13.2 Å². The number of benzene rings is 4. The number of carbonyl (C=O) groups is 1. The van der Waals surface area contributed by atoms with Crippen molar-refractivity contribution in [2.24, 2.45) is 5.73 Å². The van der Waals surface area contributed by atoms with Crippen LogP contribution in [0.15, 0.2) is 109 Å². The number of hydrogen-bond acceptors (Lipinski definition) is 4. The van der Waals surface area contributed by atoms with Crippen LogP contribution < -0.4 is 15.2 Å². The van der Waals surface area contributed by atoms with Crippen LogP contribution in [0.5, 0.6) is 11.5 Å². The van der Waals surface area contributed by atoms with Gasteiger partial charge in [-0.2, -0.15) is 0 Å². The molecule has 0 aliphatic heterocycles. The molecule has 0 aliphatic rings. The van der Waals surface area contributed by atoms with Crippen LogP contribution in [0, 0.1) is 0 Å². The largest absolute Gasteiger partial charge is 0.573 e. The van der Waals surface area contributed by atoms with Crippen molar-refractivity contribution in [3.05, 3.63) is 131 Å². The number of alkyl halides is 3. The lowest BCUT2D eigenvalue weighted by molar-refractivity contribution is -0.274. The summed E-state index contributed by atoms with van der Waals surface area (Å²) in [6, 6.07) is 32.7. The lowest BCUT2D eigenvalue weighted by atomic mass is 9.76. The van der Waals surface area contributed by atoms with E-state index in [4.69, 9.17) is 15.6 Å². The van der Waals surface area contributed by atoms with Crippen molar-refractivity contribution < 1.29 is 32.5 Å². The zero-order valence-electron chi connectivity index (χ0n) is 22.4. The molecule has 0 bridgehead atoms. The molecule has 3 N–H and O–H groups in total. The number of aliphatic carboxylic acids is 1. The van der Waals surface area contributed by atoms with E-state index in [9.17, 15) is 18.0 Å². The molecule has 1 unspecified atom stereocenters. The van der Waals surface area contributed by atoms with Gasteiger partial charge >= 0.3 is 12.3 Å². The Hall–Kier alpha value is -4.30. The van der Waals surface area contributed by atoms with E-state index >= 15 is 0 Å². The molecular weight excluding hydrogens is 531 g/mol. The van der Waals surface area contributed by atoms with Gasteiger partial charge in [0.1, 0.15) is 11.5 Å². The van der Waals surface area contributed by atoms with Gasteiger partial charge in [0.2, 0.25) is 0 Å². The quantitative estimate of drug-likeness (QED) is 0.181. The third-order valence-corrected chi connectivity index (χ3v) is 6.83. The molecule has 0 radical (unpaired) electrons. The van der Waals surface area contributed by atoms with Gasteiger partial charge in [-0.05, 0) is 65.8 Å². The van der Waals surface area contributed by atoms with Gasteiger partial charge in [0, 0.05) is 11.5 Å². The first-order chi connectivity index (χ1) is 19.6. The highest BCUT2D eigenvalue weighted by Gasteiger charge is 2.33. The first-order valence-electron chi connectivity index (χ1n) is 13.3. The van der Waals surface area contributed by atoms with Crippen LogP contribution in [0.2, 0.25) is 0 Å². The van der Waals surface area contributed by atoms with E-state index in [0.717, 1.165) is 11.1 Å². The highest BCUT2D eigenvalue weighted by atomic mass is 19.4. The molecule has 1 atom stereocenters. The Balaban J connectivity index is 1.61. The van der Waals surface area contributed by atoms with Crippen LogP contribution >= 0.6 is 0 Å². The molecule has 0 saturated carbocycles. The number of rotatable bonds is 13. The molecule has 41 heavy (non-hydrogen) atoms. The topological polar surface area (TPSA) is 81.8 Å². The Labute approximate surface area is 237 Å². The highest BCUT2D eigenvalue weighted by molar-refractivity contribution is 5.70. The van der Waals surface area contributed by atoms with Gasteiger partial charge in [-0.1, -0.05) is 84.9 Å². The summed E-state index contributed by atoms with van der Waals surface area (Å²) in [5.41, 5.74) is 9.61. The van der Waals surface area contributed by atoms with Gasteiger partial charge in [0.05, 0.1) is 13.0 Å². The molecule has 5 nitrogen and oxygen atoms in total. The van der Waals surface area contributed by atoms with E-state index in [1.807, 2.05) is 60.7 Å². The van der Waals surface area contributed by atoms with E-state index < -0.39 is 17.9 Å². The smallest absolute Gasteiger partial charge is 0.494 e. The predicted molar refractivity (Wildman–Crippen MR) is 151 cm³/mol. The number of halogens is 3. The van der Waals surface area contributed by atoms with Gasteiger partial charge in [-0.3, -0.25) is 4.79 Å². The van der Waals surface area contributed by atoms with Crippen molar-refractivity contribution in [2.75, 3.05) is 6.61 Å². The minimum atomic E-state index is -4.80. The second kappa shape index (κ2) is 13.4. The van der Waals surface area contributed by atoms with Crippen molar-refractivity contribution in [1.29, 1.82) is 0 Å². The molecule has 0 saturated heterocycles. The minimum absolute atomic E-state index is 0.0732. The van der Waals surface area contributed by atoms with Crippen molar-refractivity contribution >= 4 is 5.97 Å². The average Bonchev–Trinajstić information content (AvgIpc) is 2.92. The Kier molecular flexibility index (Phi) is 9.68. The number of carboxylic acid groups (broad SMARTS) is 1. The zero-order chi connectivity index (χ0) is 29.3. The van der Waals surface area contributed by atoms with Crippen LogP contribution in [0.25, 0.3) is 0 Å². The van der Waals surface area contributed by atoms with Crippen molar-refractivity contribution in [2.45, 2.75) is 43.5 Å². The lowest BCUT2D eigenvalue weighted by Crippen LogP contribution is -2.45. The molecular formula is C33H32F3NO4. The Bertz CT molecular complexity index is 1370. The second-order valence-electron chi connectivity index (χ2n) is 10.1. The first kappa shape index (κ1) is 29.7. The first-order valence-corrected chi connectivity index (χ1v) is 13.3. The Morgan fingerprint density at radius 2 is 1.34 bits per heavy atom. The van der Waals surface area contributed by atoms with Gasteiger partial charge in [0.25, 0.3) is 0 Å². The van der Waals surface area contributed by atoms with Gasteiger partial charge in [-0.25, -0.2) is 0 Å². The summed E-state index contributed by atoms with van der Waals surface area (Å²) in [7, 11) is 0. The number of nitrogens with two attached hydrogens (primary N) is 1. The summed E-state index contributed by atoms with van der Waals surface area (Å²) < 4.78 is 48.8. The van der Waals surface area contributed by atoms with E-state index in [0.29, 0.717) is 29.7 Å². The van der Waals surface area contributed by atoms with Gasteiger partial charge < -0.3 is 20.3 Å². The van der Waals surface area contributed by atoms with Crippen molar-refractivity contribution in [3.63, 3.8) is 0 Å².